The van der Waals surface area contributed by atoms with Crippen molar-refractivity contribution in [3.8, 4) is 11.1 Å². The number of benzene rings is 2. The molecule has 1 heteroatoms. The molecule has 0 spiro atoms. The lowest BCUT2D eigenvalue weighted by Gasteiger charge is -2.30. The van der Waals surface area contributed by atoms with Crippen molar-refractivity contribution < 1.29 is 0 Å². The largest absolute Gasteiger partial charge is 0.118 e. The molecule has 1 atom stereocenters. The van der Waals surface area contributed by atoms with E-state index in [0.717, 1.165) is 0 Å². The Balaban J connectivity index is 1.80. The molecule has 0 radical (unpaired) electrons. The molecule has 92 valence electrons. The number of alkyl halides is 1. The van der Waals surface area contributed by atoms with Crippen LogP contribution in [-0.4, -0.2) is 0 Å². The standard InChI is InChI=1S/C17H17Cl/c18-17(15-7-4-8-15)16-11-9-14(10-12-16)13-5-2-1-3-6-13/h1-3,5-6,9-12,15,17H,4,7-8H2. The zero-order valence-electron chi connectivity index (χ0n) is 10.4. The maximum Gasteiger partial charge on any atom is 0.0613 e. The van der Waals surface area contributed by atoms with E-state index in [1.165, 1.54) is 36.0 Å². The van der Waals surface area contributed by atoms with Crippen LogP contribution in [0.1, 0.15) is 30.2 Å². The van der Waals surface area contributed by atoms with E-state index in [4.69, 9.17) is 11.6 Å². The van der Waals surface area contributed by atoms with Gasteiger partial charge in [-0.2, -0.15) is 0 Å². The van der Waals surface area contributed by atoms with Crippen molar-refractivity contribution in [3.05, 3.63) is 60.2 Å². The quantitative estimate of drug-likeness (QED) is 0.642. The first-order valence-corrected chi connectivity index (χ1v) is 7.08. The molecule has 0 aliphatic heterocycles. The Bertz CT molecular complexity index is 497. The fourth-order valence-corrected chi connectivity index (χ4v) is 2.89. The third kappa shape index (κ3) is 2.30. The van der Waals surface area contributed by atoms with E-state index >= 15 is 0 Å². The van der Waals surface area contributed by atoms with E-state index in [1.807, 2.05) is 6.07 Å². The molecule has 0 bridgehead atoms. The predicted octanol–water partition coefficient (Wildman–Crippen LogP) is 5.43. The fourth-order valence-electron chi connectivity index (χ4n) is 2.49. The Kier molecular flexibility index (Phi) is 3.38. The molecule has 0 heterocycles. The van der Waals surface area contributed by atoms with Crippen molar-refractivity contribution in [2.75, 3.05) is 0 Å². The molecule has 1 fully saturated rings. The normalized spacial score (nSPS) is 17.2. The SMILES string of the molecule is ClC(c1ccc(-c2ccccc2)cc1)C1CCC1. The lowest BCUT2D eigenvalue weighted by Crippen LogP contribution is -2.16. The number of halogens is 1. The van der Waals surface area contributed by atoms with E-state index in [-0.39, 0.29) is 5.38 Å². The van der Waals surface area contributed by atoms with Crippen molar-refractivity contribution >= 4 is 11.6 Å². The molecule has 0 saturated heterocycles. The minimum Gasteiger partial charge on any atom is -0.118 e. The Morgan fingerprint density at radius 3 is 2.00 bits per heavy atom. The number of hydrogen-bond acceptors (Lipinski definition) is 0. The van der Waals surface area contributed by atoms with Gasteiger partial charge in [0.1, 0.15) is 0 Å². The maximum absolute atomic E-state index is 6.51. The first-order chi connectivity index (χ1) is 8.84. The zero-order valence-corrected chi connectivity index (χ0v) is 11.1. The summed E-state index contributed by atoms with van der Waals surface area (Å²) < 4.78 is 0. The Morgan fingerprint density at radius 2 is 1.44 bits per heavy atom. The molecule has 1 unspecified atom stereocenters. The maximum atomic E-state index is 6.51. The summed E-state index contributed by atoms with van der Waals surface area (Å²) in [5, 5.41) is 0.198. The zero-order chi connectivity index (χ0) is 12.4. The first-order valence-electron chi connectivity index (χ1n) is 6.64. The molecule has 1 saturated carbocycles. The summed E-state index contributed by atoms with van der Waals surface area (Å²) >= 11 is 6.51. The van der Waals surface area contributed by atoms with Crippen molar-refractivity contribution in [1.82, 2.24) is 0 Å². The second-order valence-corrected chi connectivity index (χ2v) is 5.55. The summed E-state index contributed by atoms with van der Waals surface area (Å²) in [6.07, 6.45) is 3.92. The van der Waals surface area contributed by atoms with E-state index in [9.17, 15) is 0 Å². The molecule has 1 aliphatic carbocycles. The monoisotopic (exact) mass is 256 g/mol. The van der Waals surface area contributed by atoms with Gasteiger partial charge in [-0.1, -0.05) is 61.0 Å². The summed E-state index contributed by atoms with van der Waals surface area (Å²) in [6.45, 7) is 0. The molecule has 2 aromatic rings. The second-order valence-electron chi connectivity index (χ2n) is 5.08. The first kappa shape index (κ1) is 11.8. The Labute approximate surface area is 114 Å². The van der Waals surface area contributed by atoms with Gasteiger partial charge in [-0.05, 0) is 35.4 Å². The van der Waals surface area contributed by atoms with E-state index in [2.05, 4.69) is 48.5 Å². The lowest BCUT2D eigenvalue weighted by molar-refractivity contribution is 0.305. The summed E-state index contributed by atoms with van der Waals surface area (Å²) in [5.74, 6) is 0.689. The Hall–Kier alpha value is -1.27. The van der Waals surface area contributed by atoms with Gasteiger partial charge in [0.2, 0.25) is 0 Å². The van der Waals surface area contributed by atoms with Gasteiger partial charge in [0.25, 0.3) is 0 Å². The van der Waals surface area contributed by atoms with Crippen LogP contribution >= 0.6 is 11.6 Å². The van der Waals surface area contributed by atoms with Gasteiger partial charge in [-0.15, -0.1) is 11.6 Å². The van der Waals surface area contributed by atoms with Crippen LogP contribution in [0.2, 0.25) is 0 Å². The predicted molar refractivity (Wildman–Crippen MR) is 77.8 cm³/mol. The highest BCUT2D eigenvalue weighted by Crippen LogP contribution is 2.42. The second kappa shape index (κ2) is 5.16. The van der Waals surface area contributed by atoms with E-state index < -0.39 is 0 Å². The van der Waals surface area contributed by atoms with Crippen molar-refractivity contribution in [1.29, 1.82) is 0 Å². The number of rotatable bonds is 3. The van der Waals surface area contributed by atoms with Gasteiger partial charge >= 0.3 is 0 Å². The van der Waals surface area contributed by atoms with Crippen LogP contribution in [0, 0.1) is 5.92 Å². The highest BCUT2D eigenvalue weighted by Gasteiger charge is 2.26. The molecular formula is C17H17Cl. The molecule has 0 amide bonds. The third-order valence-electron chi connectivity index (χ3n) is 3.90. The van der Waals surface area contributed by atoms with Gasteiger partial charge in [0.15, 0.2) is 0 Å². The molecule has 0 nitrogen and oxygen atoms in total. The van der Waals surface area contributed by atoms with Crippen LogP contribution in [0.15, 0.2) is 54.6 Å². The third-order valence-corrected chi connectivity index (χ3v) is 4.51. The van der Waals surface area contributed by atoms with Crippen LogP contribution in [0.4, 0.5) is 0 Å². The highest BCUT2D eigenvalue weighted by molar-refractivity contribution is 6.21. The number of hydrogen-bond donors (Lipinski definition) is 0. The van der Waals surface area contributed by atoms with Crippen LogP contribution < -0.4 is 0 Å². The van der Waals surface area contributed by atoms with Gasteiger partial charge in [0.05, 0.1) is 5.38 Å². The van der Waals surface area contributed by atoms with Crippen LogP contribution in [0.5, 0.6) is 0 Å². The highest BCUT2D eigenvalue weighted by atomic mass is 35.5. The smallest absolute Gasteiger partial charge is 0.0613 e. The fraction of sp³-hybridized carbons (Fsp3) is 0.294. The molecule has 0 aromatic heterocycles. The van der Waals surface area contributed by atoms with Gasteiger partial charge in [-0.25, -0.2) is 0 Å². The van der Waals surface area contributed by atoms with Gasteiger partial charge < -0.3 is 0 Å². The minimum absolute atomic E-state index is 0.198. The minimum atomic E-state index is 0.198. The van der Waals surface area contributed by atoms with Crippen molar-refractivity contribution in [2.24, 2.45) is 5.92 Å². The summed E-state index contributed by atoms with van der Waals surface area (Å²) in [7, 11) is 0. The van der Waals surface area contributed by atoms with Crippen molar-refractivity contribution in [2.45, 2.75) is 24.6 Å². The molecule has 3 rings (SSSR count). The molecule has 2 aromatic carbocycles. The lowest BCUT2D eigenvalue weighted by atomic mass is 9.80. The van der Waals surface area contributed by atoms with E-state index in [0.29, 0.717) is 5.92 Å². The van der Waals surface area contributed by atoms with Crippen molar-refractivity contribution in [3.63, 3.8) is 0 Å². The average molecular weight is 257 g/mol. The topological polar surface area (TPSA) is 0 Å². The molecule has 18 heavy (non-hydrogen) atoms. The van der Waals surface area contributed by atoms with Crippen LogP contribution in [0.3, 0.4) is 0 Å². The summed E-state index contributed by atoms with van der Waals surface area (Å²) in [4.78, 5) is 0. The average Bonchev–Trinajstić information content (AvgIpc) is 2.38. The molecule has 1 aliphatic rings. The van der Waals surface area contributed by atoms with Gasteiger partial charge in [-0.3, -0.25) is 0 Å². The summed E-state index contributed by atoms with van der Waals surface area (Å²) in [5.41, 5.74) is 3.79. The van der Waals surface area contributed by atoms with E-state index in [1.54, 1.807) is 0 Å². The molecular weight excluding hydrogens is 240 g/mol. The van der Waals surface area contributed by atoms with Crippen LogP contribution in [-0.2, 0) is 0 Å². The molecule has 0 N–H and O–H groups in total. The van der Waals surface area contributed by atoms with Crippen LogP contribution in [0.25, 0.3) is 11.1 Å². The Morgan fingerprint density at radius 1 is 0.833 bits per heavy atom. The van der Waals surface area contributed by atoms with Gasteiger partial charge in [0, 0.05) is 0 Å². The summed E-state index contributed by atoms with van der Waals surface area (Å²) in [6, 6.07) is 19.2.